The molecule has 1 aliphatic rings. The van der Waals surface area contributed by atoms with Gasteiger partial charge in [0, 0.05) is 30.3 Å². The molecule has 0 spiro atoms. The first-order chi connectivity index (χ1) is 8.65. The average molecular weight is 246 g/mol. The van der Waals surface area contributed by atoms with Crippen LogP contribution < -0.4 is 10.6 Å². The summed E-state index contributed by atoms with van der Waals surface area (Å²) < 4.78 is 0. The number of nitrogens with one attached hydrogen (secondary N) is 2. The van der Waals surface area contributed by atoms with Gasteiger partial charge in [0.15, 0.2) is 5.78 Å². The molecule has 18 heavy (non-hydrogen) atoms. The van der Waals surface area contributed by atoms with Crippen LogP contribution in [0.25, 0.3) is 0 Å². The SMILES string of the molecule is CC(=O)c1cccc(NCCC(=O)NC2CC2)c1. The molecule has 0 saturated heterocycles. The van der Waals surface area contributed by atoms with Crippen molar-refractivity contribution in [2.24, 2.45) is 0 Å². The van der Waals surface area contributed by atoms with Gasteiger partial charge >= 0.3 is 0 Å². The Kier molecular flexibility index (Phi) is 3.97. The minimum absolute atomic E-state index is 0.0464. The first-order valence-corrected chi connectivity index (χ1v) is 6.29. The molecule has 0 atom stereocenters. The van der Waals surface area contributed by atoms with Crippen molar-refractivity contribution in [3.05, 3.63) is 29.8 Å². The fourth-order valence-electron chi connectivity index (χ4n) is 1.70. The lowest BCUT2D eigenvalue weighted by atomic mass is 10.1. The van der Waals surface area contributed by atoms with Crippen molar-refractivity contribution >= 4 is 17.4 Å². The summed E-state index contributed by atoms with van der Waals surface area (Å²) in [5.74, 6) is 0.137. The molecule has 0 bridgehead atoms. The predicted octanol–water partition coefficient (Wildman–Crippen LogP) is 1.97. The number of benzene rings is 1. The Morgan fingerprint density at radius 1 is 1.33 bits per heavy atom. The van der Waals surface area contributed by atoms with Crippen molar-refractivity contribution in [1.29, 1.82) is 0 Å². The number of rotatable bonds is 6. The zero-order chi connectivity index (χ0) is 13.0. The Balaban J connectivity index is 1.76. The van der Waals surface area contributed by atoms with Crippen LogP contribution in [0.4, 0.5) is 5.69 Å². The van der Waals surface area contributed by atoms with Gasteiger partial charge < -0.3 is 10.6 Å². The van der Waals surface area contributed by atoms with E-state index in [1.807, 2.05) is 12.1 Å². The zero-order valence-corrected chi connectivity index (χ0v) is 10.5. The first kappa shape index (κ1) is 12.6. The van der Waals surface area contributed by atoms with Crippen molar-refractivity contribution in [3.63, 3.8) is 0 Å². The van der Waals surface area contributed by atoms with Gasteiger partial charge in [-0.1, -0.05) is 12.1 Å². The molecule has 1 fully saturated rings. The number of ketones is 1. The number of anilines is 1. The van der Waals surface area contributed by atoms with E-state index in [9.17, 15) is 9.59 Å². The molecule has 0 unspecified atom stereocenters. The summed E-state index contributed by atoms with van der Waals surface area (Å²) in [6.45, 7) is 2.13. The molecule has 1 aromatic rings. The van der Waals surface area contributed by atoms with E-state index in [1.54, 1.807) is 19.1 Å². The smallest absolute Gasteiger partial charge is 0.221 e. The summed E-state index contributed by atoms with van der Waals surface area (Å²) in [5, 5.41) is 6.09. The zero-order valence-electron chi connectivity index (χ0n) is 10.5. The molecule has 1 aromatic carbocycles. The number of carbonyl (C=O) groups excluding carboxylic acids is 2. The van der Waals surface area contributed by atoms with Gasteiger partial charge in [0.25, 0.3) is 0 Å². The van der Waals surface area contributed by atoms with E-state index in [0.29, 0.717) is 24.6 Å². The number of amides is 1. The van der Waals surface area contributed by atoms with E-state index in [0.717, 1.165) is 18.5 Å². The van der Waals surface area contributed by atoms with E-state index in [1.165, 1.54) is 0 Å². The van der Waals surface area contributed by atoms with Crippen molar-refractivity contribution in [3.8, 4) is 0 Å². The van der Waals surface area contributed by atoms with Crippen LogP contribution >= 0.6 is 0 Å². The molecule has 2 rings (SSSR count). The highest BCUT2D eigenvalue weighted by Gasteiger charge is 2.22. The van der Waals surface area contributed by atoms with Gasteiger partial charge in [-0.25, -0.2) is 0 Å². The van der Waals surface area contributed by atoms with Gasteiger partial charge in [0.05, 0.1) is 0 Å². The third kappa shape index (κ3) is 3.87. The molecule has 4 nitrogen and oxygen atoms in total. The standard InChI is InChI=1S/C14H18N2O2/c1-10(17)11-3-2-4-13(9-11)15-8-7-14(18)16-12-5-6-12/h2-4,9,12,15H,5-8H2,1H3,(H,16,18). The summed E-state index contributed by atoms with van der Waals surface area (Å²) in [6, 6.07) is 7.74. The highest BCUT2D eigenvalue weighted by Crippen LogP contribution is 2.18. The van der Waals surface area contributed by atoms with Crippen LogP contribution in [0.5, 0.6) is 0 Å². The monoisotopic (exact) mass is 246 g/mol. The maximum Gasteiger partial charge on any atom is 0.221 e. The van der Waals surface area contributed by atoms with Crippen LogP contribution in [0.3, 0.4) is 0 Å². The summed E-state index contributed by atoms with van der Waals surface area (Å²) >= 11 is 0. The van der Waals surface area contributed by atoms with Crippen LogP contribution in [-0.2, 0) is 4.79 Å². The molecule has 96 valence electrons. The molecular formula is C14H18N2O2. The van der Waals surface area contributed by atoms with Crippen LogP contribution in [0.2, 0.25) is 0 Å². The average Bonchev–Trinajstić information content (AvgIpc) is 3.13. The van der Waals surface area contributed by atoms with E-state index >= 15 is 0 Å². The quantitative estimate of drug-likeness (QED) is 0.754. The normalized spacial score (nSPS) is 14.1. The lowest BCUT2D eigenvalue weighted by molar-refractivity contribution is -0.120. The fourth-order valence-corrected chi connectivity index (χ4v) is 1.70. The van der Waals surface area contributed by atoms with Gasteiger partial charge in [0.2, 0.25) is 5.91 Å². The van der Waals surface area contributed by atoms with E-state index in [4.69, 9.17) is 0 Å². The largest absolute Gasteiger partial charge is 0.385 e. The minimum Gasteiger partial charge on any atom is -0.385 e. The summed E-state index contributed by atoms with van der Waals surface area (Å²) in [7, 11) is 0. The molecule has 0 aromatic heterocycles. The highest BCUT2D eigenvalue weighted by molar-refractivity contribution is 5.94. The van der Waals surface area contributed by atoms with Gasteiger partial charge in [-0.2, -0.15) is 0 Å². The highest BCUT2D eigenvalue weighted by atomic mass is 16.1. The fraction of sp³-hybridized carbons (Fsp3) is 0.429. The van der Waals surface area contributed by atoms with Crippen molar-refractivity contribution in [2.75, 3.05) is 11.9 Å². The second-order valence-electron chi connectivity index (χ2n) is 4.66. The lowest BCUT2D eigenvalue weighted by Gasteiger charge is -2.07. The molecule has 0 aliphatic heterocycles. The maximum atomic E-state index is 11.5. The van der Waals surface area contributed by atoms with Crippen molar-refractivity contribution < 1.29 is 9.59 Å². The van der Waals surface area contributed by atoms with Crippen molar-refractivity contribution in [2.45, 2.75) is 32.2 Å². The Morgan fingerprint density at radius 2 is 2.11 bits per heavy atom. The van der Waals surface area contributed by atoms with Gasteiger partial charge in [0.1, 0.15) is 0 Å². The molecule has 1 aliphatic carbocycles. The number of Topliss-reactive ketones (excluding diaryl/α,β-unsaturated/α-hetero) is 1. The van der Waals surface area contributed by atoms with Crippen molar-refractivity contribution in [1.82, 2.24) is 5.32 Å². The van der Waals surface area contributed by atoms with Crippen LogP contribution in [0, 0.1) is 0 Å². The van der Waals surface area contributed by atoms with Crippen LogP contribution in [-0.4, -0.2) is 24.3 Å². The number of hydrogen-bond acceptors (Lipinski definition) is 3. The minimum atomic E-state index is 0.0464. The molecule has 4 heteroatoms. The Hall–Kier alpha value is -1.84. The van der Waals surface area contributed by atoms with Crippen LogP contribution in [0.1, 0.15) is 36.5 Å². The summed E-state index contributed by atoms with van der Waals surface area (Å²) in [5.41, 5.74) is 1.56. The summed E-state index contributed by atoms with van der Waals surface area (Å²) in [4.78, 5) is 22.7. The molecule has 0 heterocycles. The second kappa shape index (κ2) is 5.67. The van der Waals surface area contributed by atoms with Gasteiger partial charge in [-0.15, -0.1) is 0 Å². The molecule has 1 saturated carbocycles. The van der Waals surface area contributed by atoms with E-state index in [2.05, 4.69) is 10.6 Å². The first-order valence-electron chi connectivity index (χ1n) is 6.29. The Bertz CT molecular complexity index is 453. The van der Waals surface area contributed by atoms with E-state index < -0.39 is 0 Å². The maximum absolute atomic E-state index is 11.5. The molecule has 1 amide bonds. The van der Waals surface area contributed by atoms with Gasteiger partial charge in [-0.05, 0) is 31.9 Å². The number of hydrogen-bond donors (Lipinski definition) is 2. The lowest BCUT2D eigenvalue weighted by Crippen LogP contribution is -2.27. The predicted molar refractivity (Wildman–Crippen MR) is 70.7 cm³/mol. The molecule has 0 radical (unpaired) electrons. The van der Waals surface area contributed by atoms with Crippen LogP contribution in [0.15, 0.2) is 24.3 Å². The van der Waals surface area contributed by atoms with E-state index in [-0.39, 0.29) is 11.7 Å². The third-order valence-corrected chi connectivity index (χ3v) is 2.89. The third-order valence-electron chi connectivity index (χ3n) is 2.89. The Labute approximate surface area is 107 Å². The van der Waals surface area contributed by atoms with Gasteiger partial charge in [-0.3, -0.25) is 9.59 Å². The molecule has 2 N–H and O–H groups in total. The summed E-state index contributed by atoms with van der Waals surface area (Å²) in [6.07, 6.45) is 2.68. The topological polar surface area (TPSA) is 58.2 Å². The molecular weight excluding hydrogens is 228 g/mol. The Morgan fingerprint density at radius 3 is 2.78 bits per heavy atom. The second-order valence-corrected chi connectivity index (χ2v) is 4.66. The number of carbonyl (C=O) groups is 2.